The first-order chi connectivity index (χ1) is 7.75. The Balaban J connectivity index is 2.44. The van der Waals surface area contributed by atoms with Gasteiger partial charge in [0.05, 0.1) is 5.56 Å². The minimum Gasteiger partial charge on any atom is -0.478 e. The van der Waals surface area contributed by atoms with Crippen LogP contribution in [0.4, 0.5) is 0 Å². The van der Waals surface area contributed by atoms with Crippen LogP contribution in [0.25, 0.3) is 0 Å². The van der Waals surface area contributed by atoms with E-state index in [4.69, 9.17) is 9.84 Å². The van der Waals surface area contributed by atoms with Crippen LogP contribution < -0.4 is 0 Å². The Kier molecular flexibility index (Phi) is 5.96. The van der Waals surface area contributed by atoms with Gasteiger partial charge in [-0.1, -0.05) is 12.1 Å². The Hall–Kier alpha value is -1.00. The van der Waals surface area contributed by atoms with Gasteiger partial charge in [0.1, 0.15) is 0 Å². The Bertz CT molecular complexity index is 339. The van der Waals surface area contributed by atoms with Crippen molar-refractivity contribution in [3.63, 3.8) is 0 Å². The van der Waals surface area contributed by atoms with Crippen LogP contribution >= 0.6 is 11.8 Å². The Labute approximate surface area is 99.8 Å². The Morgan fingerprint density at radius 1 is 1.38 bits per heavy atom. The minimum absolute atomic E-state index is 0.388. The van der Waals surface area contributed by atoms with Crippen molar-refractivity contribution in [1.29, 1.82) is 0 Å². The van der Waals surface area contributed by atoms with Gasteiger partial charge in [0.25, 0.3) is 0 Å². The average Bonchev–Trinajstić information content (AvgIpc) is 2.29. The third-order valence-corrected chi connectivity index (χ3v) is 3.28. The zero-order valence-corrected chi connectivity index (χ0v) is 10.1. The van der Waals surface area contributed by atoms with Gasteiger partial charge in [0.2, 0.25) is 0 Å². The predicted molar refractivity (Wildman–Crippen MR) is 65.2 cm³/mol. The van der Waals surface area contributed by atoms with Crippen molar-refractivity contribution < 1.29 is 14.6 Å². The van der Waals surface area contributed by atoms with Gasteiger partial charge in [-0.25, -0.2) is 4.79 Å². The first kappa shape index (κ1) is 13.1. The standard InChI is InChI=1S/C12H16O3S/c1-15-8-4-5-9-16-11-7-3-2-6-10(11)12(13)14/h2-3,6-7H,4-5,8-9H2,1H3,(H,13,14). The summed E-state index contributed by atoms with van der Waals surface area (Å²) in [5, 5.41) is 8.97. The molecule has 0 aliphatic rings. The molecule has 0 aliphatic carbocycles. The van der Waals surface area contributed by atoms with Crippen molar-refractivity contribution in [2.45, 2.75) is 17.7 Å². The third-order valence-electron chi connectivity index (χ3n) is 2.12. The van der Waals surface area contributed by atoms with E-state index >= 15 is 0 Å². The van der Waals surface area contributed by atoms with Crippen LogP contribution in [0.15, 0.2) is 29.2 Å². The molecule has 3 nitrogen and oxygen atoms in total. The van der Waals surface area contributed by atoms with E-state index in [1.807, 2.05) is 12.1 Å². The molecule has 4 heteroatoms. The summed E-state index contributed by atoms with van der Waals surface area (Å²) in [5.74, 6) is 0.0631. The van der Waals surface area contributed by atoms with E-state index in [2.05, 4.69) is 0 Å². The number of thioether (sulfide) groups is 1. The normalized spacial score (nSPS) is 10.3. The van der Waals surface area contributed by atoms with Crippen molar-refractivity contribution in [1.82, 2.24) is 0 Å². The van der Waals surface area contributed by atoms with E-state index in [1.54, 1.807) is 31.0 Å². The lowest BCUT2D eigenvalue weighted by Crippen LogP contribution is -1.98. The van der Waals surface area contributed by atoms with E-state index < -0.39 is 5.97 Å². The highest BCUT2D eigenvalue weighted by Gasteiger charge is 2.08. The first-order valence-electron chi connectivity index (χ1n) is 5.19. The van der Waals surface area contributed by atoms with Gasteiger partial charge in [-0.2, -0.15) is 0 Å². The Morgan fingerprint density at radius 2 is 2.12 bits per heavy atom. The molecule has 0 unspecified atom stereocenters. The van der Waals surface area contributed by atoms with Crippen LogP contribution in [0.2, 0.25) is 0 Å². The molecule has 0 saturated heterocycles. The molecule has 0 aromatic heterocycles. The zero-order valence-electron chi connectivity index (χ0n) is 9.31. The molecule has 1 rings (SSSR count). The highest BCUT2D eigenvalue weighted by molar-refractivity contribution is 7.99. The molecule has 0 aliphatic heterocycles. The van der Waals surface area contributed by atoms with Crippen LogP contribution in [0, 0.1) is 0 Å². The fourth-order valence-corrected chi connectivity index (χ4v) is 2.35. The number of carboxylic acids is 1. The number of ether oxygens (including phenoxy) is 1. The van der Waals surface area contributed by atoms with Crippen LogP contribution in [-0.2, 0) is 4.74 Å². The first-order valence-corrected chi connectivity index (χ1v) is 6.18. The number of carbonyl (C=O) groups is 1. The van der Waals surface area contributed by atoms with Crippen LogP contribution in [0.1, 0.15) is 23.2 Å². The SMILES string of the molecule is COCCCCSc1ccccc1C(=O)O. The second-order valence-corrected chi connectivity index (χ2v) is 4.49. The molecule has 0 bridgehead atoms. The highest BCUT2D eigenvalue weighted by Crippen LogP contribution is 2.23. The molecular formula is C12H16O3S. The molecule has 0 saturated carbocycles. The van der Waals surface area contributed by atoms with Crippen LogP contribution in [0.3, 0.4) is 0 Å². The second-order valence-electron chi connectivity index (χ2n) is 3.35. The average molecular weight is 240 g/mol. The van der Waals surface area contributed by atoms with E-state index in [9.17, 15) is 4.79 Å². The summed E-state index contributed by atoms with van der Waals surface area (Å²) < 4.78 is 4.95. The van der Waals surface area contributed by atoms with E-state index in [1.165, 1.54) is 0 Å². The molecular weight excluding hydrogens is 224 g/mol. The number of hydrogen-bond acceptors (Lipinski definition) is 3. The maximum absolute atomic E-state index is 10.9. The highest BCUT2D eigenvalue weighted by atomic mass is 32.2. The number of aromatic carboxylic acids is 1. The van der Waals surface area contributed by atoms with Crippen molar-refractivity contribution in [2.24, 2.45) is 0 Å². The van der Waals surface area contributed by atoms with E-state index in [-0.39, 0.29) is 0 Å². The van der Waals surface area contributed by atoms with Gasteiger partial charge in [-0.15, -0.1) is 11.8 Å². The molecule has 1 aromatic carbocycles. The second kappa shape index (κ2) is 7.30. The van der Waals surface area contributed by atoms with Crippen molar-refractivity contribution in [2.75, 3.05) is 19.5 Å². The number of hydrogen-bond donors (Lipinski definition) is 1. The van der Waals surface area contributed by atoms with Gasteiger partial charge in [-0.05, 0) is 30.7 Å². The van der Waals surface area contributed by atoms with Crippen LogP contribution in [-0.4, -0.2) is 30.5 Å². The predicted octanol–water partition coefficient (Wildman–Crippen LogP) is 2.90. The summed E-state index contributed by atoms with van der Waals surface area (Å²) in [7, 11) is 1.69. The van der Waals surface area contributed by atoms with E-state index in [0.717, 1.165) is 30.1 Å². The van der Waals surface area contributed by atoms with Gasteiger partial charge in [-0.3, -0.25) is 0 Å². The monoisotopic (exact) mass is 240 g/mol. The fraction of sp³-hybridized carbons (Fsp3) is 0.417. The van der Waals surface area contributed by atoms with Gasteiger partial charge in [0.15, 0.2) is 0 Å². The maximum atomic E-state index is 10.9. The molecule has 0 fully saturated rings. The molecule has 0 atom stereocenters. The summed E-state index contributed by atoms with van der Waals surface area (Å²) >= 11 is 1.59. The van der Waals surface area contributed by atoms with E-state index in [0.29, 0.717) is 5.56 Å². The van der Waals surface area contributed by atoms with Gasteiger partial charge >= 0.3 is 5.97 Å². The lowest BCUT2D eigenvalue weighted by Gasteiger charge is -2.05. The summed E-state index contributed by atoms with van der Waals surface area (Å²) in [6.45, 7) is 0.765. The molecule has 1 N–H and O–H groups in total. The Morgan fingerprint density at radius 3 is 2.81 bits per heavy atom. The topological polar surface area (TPSA) is 46.5 Å². The molecule has 0 amide bonds. The maximum Gasteiger partial charge on any atom is 0.336 e. The van der Waals surface area contributed by atoms with Crippen molar-refractivity contribution >= 4 is 17.7 Å². The molecule has 1 aromatic rings. The van der Waals surface area contributed by atoms with Crippen molar-refractivity contribution in [3.8, 4) is 0 Å². The lowest BCUT2D eigenvalue weighted by molar-refractivity contribution is 0.0693. The van der Waals surface area contributed by atoms with Crippen molar-refractivity contribution in [3.05, 3.63) is 29.8 Å². The number of unbranched alkanes of at least 4 members (excludes halogenated alkanes) is 1. The van der Waals surface area contributed by atoms with Gasteiger partial charge < -0.3 is 9.84 Å². The molecule has 0 spiro atoms. The summed E-state index contributed by atoms with van der Waals surface area (Å²) in [4.78, 5) is 11.8. The third kappa shape index (κ3) is 4.24. The van der Waals surface area contributed by atoms with Crippen LogP contribution in [0.5, 0.6) is 0 Å². The number of benzene rings is 1. The quantitative estimate of drug-likeness (QED) is 0.588. The lowest BCUT2D eigenvalue weighted by atomic mass is 10.2. The van der Waals surface area contributed by atoms with Gasteiger partial charge in [0, 0.05) is 18.6 Å². The minimum atomic E-state index is -0.861. The molecule has 16 heavy (non-hydrogen) atoms. The fourth-order valence-electron chi connectivity index (χ4n) is 1.30. The number of methoxy groups -OCH3 is 1. The summed E-state index contributed by atoms with van der Waals surface area (Å²) in [6, 6.07) is 7.10. The molecule has 88 valence electrons. The molecule has 0 radical (unpaired) electrons. The molecule has 0 heterocycles. The number of carboxylic acid groups (broad SMARTS) is 1. The smallest absolute Gasteiger partial charge is 0.336 e. The largest absolute Gasteiger partial charge is 0.478 e. The number of rotatable bonds is 7. The zero-order chi connectivity index (χ0) is 11.8. The summed E-state index contributed by atoms with van der Waals surface area (Å²) in [6.07, 6.45) is 2.05. The summed E-state index contributed by atoms with van der Waals surface area (Å²) in [5.41, 5.74) is 0.388.